The van der Waals surface area contributed by atoms with Gasteiger partial charge in [0.15, 0.2) is 0 Å². The molecule has 0 aliphatic rings. The van der Waals surface area contributed by atoms with Crippen molar-refractivity contribution in [2.24, 2.45) is 0 Å². The van der Waals surface area contributed by atoms with Crippen LogP contribution in [0.1, 0.15) is 20.8 Å². The molecule has 0 aliphatic carbocycles. The van der Waals surface area contributed by atoms with Crippen LogP contribution in [0.4, 0.5) is 0 Å². The second kappa shape index (κ2) is 10.3. The van der Waals surface area contributed by atoms with Crippen LogP contribution >= 0.6 is 6.89 Å². The number of hydrogen-bond acceptors (Lipinski definition) is 3. The van der Waals surface area contributed by atoms with Gasteiger partial charge in [-0.05, 0) is 43.6 Å². The Kier molecular flexibility index (Phi) is 8.21. The zero-order valence-corrected chi connectivity index (χ0v) is 19.4. The molecule has 0 amide bonds. The number of ether oxygens (including phenoxy) is 1. The summed E-state index contributed by atoms with van der Waals surface area (Å²) in [6.07, 6.45) is 0. The van der Waals surface area contributed by atoms with E-state index in [2.05, 4.69) is 6.58 Å². The quantitative estimate of drug-likeness (QED) is 0.258. The maximum Gasteiger partial charge on any atom is 1.00 e. The second-order valence-corrected chi connectivity index (χ2v) is 11.3. The molecule has 0 saturated heterocycles. The third-order valence-electron chi connectivity index (χ3n) is 4.62. The van der Waals surface area contributed by atoms with Gasteiger partial charge in [0.05, 0.1) is 5.29 Å². The molecule has 0 radical (unpaired) electrons. The van der Waals surface area contributed by atoms with Gasteiger partial charge in [-0.1, -0.05) is 91.0 Å². The van der Waals surface area contributed by atoms with Gasteiger partial charge in [0, 0.05) is 0 Å². The fourth-order valence-corrected chi connectivity index (χ4v) is 7.77. The molecular weight excluding hydrogens is 398 g/mol. The third kappa shape index (κ3) is 5.25. The van der Waals surface area contributed by atoms with E-state index in [4.69, 9.17) is 4.74 Å². The monoisotopic (exact) mass is 424 g/mol. The average Bonchev–Trinajstić information content (AvgIpc) is 2.72. The summed E-state index contributed by atoms with van der Waals surface area (Å²) in [5.41, 5.74) is -0.739. The first kappa shape index (κ1) is 24.8. The molecule has 0 fully saturated rings. The van der Waals surface area contributed by atoms with Crippen LogP contribution in [0.15, 0.2) is 103 Å². The fraction of sp³-hybridized carbons (Fsp3) is 0.154. The summed E-state index contributed by atoms with van der Waals surface area (Å²) in [7, 11) is 0. The van der Waals surface area contributed by atoms with E-state index in [0.717, 1.165) is 15.9 Å². The summed E-state index contributed by atoms with van der Waals surface area (Å²) in [6, 6.07) is 29.2. The van der Waals surface area contributed by atoms with E-state index in [1.165, 1.54) is 0 Å². The van der Waals surface area contributed by atoms with E-state index >= 15 is 0 Å². The number of esters is 1. The maximum absolute atomic E-state index is 13.5. The van der Waals surface area contributed by atoms with Gasteiger partial charge in [0.1, 0.15) is 5.60 Å². The molecule has 31 heavy (non-hydrogen) atoms. The Bertz CT molecular complexity index is 982. The smallest absolute Gasteiger partial charge is 0.872 e. The van der Waals surface area contributed by atoms with E-state index in [9.17, 15) is 9.90 Å². The molecule has 0 aliphatic heterocycles. The van der Waals surface area contributed by atoms with E-state index < -0.39 is 24.2 Å². The van der Waals surface area contributed by atoms with E-state index in [-0.39, 0.29) is 24.2 Å². The van der Waals surface area contributed by atoms with Crippen molar-refractivity contribution in [2.75, 3.05) is 0 Å². The molecule has 0 N–H and O–H groups in total. The van der Waals surface area contributed by atoms with Gasteiger partial charge < -0.3 is 9.84 Å². The largest absolute Gasteiger partial charge is 1.00 e. The van der Waals surface area contributed by atoms with Crippen molar-refractivity contribution in [2.45, 2.75) is 26.4 Å². The van der Waals surface area contributed by atoms with Crippen molar-refractivity contribution in [3.05, 3.63) is 103 Å². The molecule has 0 saturated carbocycles. The summed E-state index contributed by atoms with van der Waals surface area (Å²) in [4.78, 5) is 13.5. The molecule has 0 unspecified atom stereocenters. The van der Waals surface area contributed by atoms with E-state index in [0.29, 0.717) is 0 Å². The predicted octanol–water partition coefficient (Wildman–Crippen LogP) is 0.373. The van der Waals surface area contributed by atoms with Crippen molar-refractivity contribution >= 4 is 34.1 Å². The second-order valence-electron chi connectivity index (χ2n) is 7.95. The first-order chi connectivity index (χ1) is 14.3. The van der Waals surface area contributed by atoms with Gasteiger partial charge >= 0.3 is 24.8 Å². The molecule has 0 atom stereocenters. The molecule has 3 rings (SSSR count). The summed E-state index contributed by atoms with van der Waals surface area (Å²) in [5, 5.41) is 15.8. The maximum atomic E-state index is 13.5. The Balaban J connectivity index is 0.00000341. The summed E-state index contributed by atoms with van der Waals surface area (Å²) in [5.74, 6) is -1.14. The van der Waals surface area contributed by atoms with Crippen LogP contribution in [0.25, 0.3) is 0 Å². The van der Waals surface area contributed by atoms with Crippen molar-refractivity contribution in [3.8, 4) is 0 Å². The van der Waals surface area contributed by atoms with E-state index in [1.807, 2.05) is 91.0 Å². The number of benzene rings is 3. The fourth-order valence-electron chi connectivity index (χ4n) is 3.55. The Morgan fingerprint density at radius 2 is 1.10 bits per heavy atom. The minimum absolute atomic E-state index is 0. The normalized spacial score (nSPS) is 11.2. The molecule has 0 bridgehead atoms. The zero-order chi connectivity index (χ0) is 21.8. The minimum Gasteiger partial charge on any atom is -0.872 e. The third-order valence-corrected chi connectivity index (χ3v) is 8.94. The first-order valence-electron chi connectivity index (χ1n) is 9.80. The number of carbonyl (C=O) groups excluding carboxylic acids is 1. The molecular formula is C26H26LiO3P. The Labute approximate surface area is 196 Å². The zero-order valence-electron chi connectivity index (χ0n) is 18.5. The topological polar surface area (TPSA) is 49.4 Å². The standard InChI is InChI=1S/C26H27O3P.Li/c1-20(27)24(25(28)29-26(2,3)4)30(21-14-8-5-9-15-21,22-16-10-6-11-17-22)23-18-12-7-13-19-23;/h5-19,27H,1H2,2-4H3;/q;+1/p-1. The van der Waals surface area contributed by atoms with Gasteiger partial charge in [0.25, 0.3) is 0 Å². The summed E-state index contributed by atoms with van der Waals surface area (Å²) >= 11 is 0. The van der Waals surface area contributed by atoms with Gasteiger partial charge in [-0.25, -0.2) is 4.79 Å². The van der Waals surface area contributed by atoms with Crippen LogP contribution in [-0.4, -0.2) is 16.9 Å². The van der Waals surface area contributed by atoms with Crippen molar-refractivity contribution in [3.63, 3.8) is 0 Å². The molecule has 3 aromatic rings. The van der Waals surface area contributed by atoms with Gasteiger partial charge in [-0.2, -0.15) is 0 Å². The number of hydrogen-bond donors (Lipinski definition) is 0. The van der Waals surface area contributed by atoms with Crippen LogP contribution < -0.4 is 39.9 Å². The van der Waals surface area contributed by atoms with Crippen LogP contribution in [0.2, 0.25) is 0 Å². The van der Waals surface area contributed by atoms with Crippen LogP contribution in [0.3, 0.4) is 0 Å². The van der Waals surface area contributed by atoms with Crippen LogP contribution in [0, 0.1) is 0 Å². The SMILES string of the molecule is C=C([O-])C(C(=O)OC(C)(C)C)=P(c1ccccc1)(c1ccccc1)c1ccccc1.[Li+]. The molecule has 3 nitrogen and oxygen atoms in total. The molecule has 0 spiro atoms. The van der Waals surface area contributed by atoms with Crippen LogP contribution in [-0.2, 0) is 9.53 Å². The van der Waals surface area contributed by atoms with Crippen molar-refractivity contribution in [1.29, 1.82) is 0 Å². The predicted molar refractivity (Wildman–Crippen MR) is 125 cm³/mol. The Morgan fingerprint density at radius 1 is 0.774 bits per heavy atom. The van der Waals surface area contributed by atoms with Crippen molar-refractivity contribution in [1.82, 2.24) is 0 Å². The molecule has 0 aromatic heterocycles. The first-order valence-corrected chi connectivity index (χ1v) is 11.6. The number of carbonyl (C=O) groups is 1. The van der Waals surface area contributed by atoms with Gasteiger partial charge in [0.2, 0.25) is 0 Å². The Hall–Kier alpha value is -2.43. The molecule has 0 heterocycles. The summed E-state index contributed by atoms with van der Waals surface area (Å²) < 4.78 is 5.72. The van der Waals surface area contributed by atoms with Gasteiger partial charge in [-0.3, -0.25) is 0 Å². The van der Waals surface area contributed by atoms with Gasteiger partial charge in [-0.15, -0.1) is 12.3 Å². The molecule has 154 valence electrons. The Morgan fingerprint density at radius 3 is 1.35 bits per heavy atom. The minimum atomic E-state index is -2.83. The van der Waals surface area contributed by atoms with Crippen LogP contribution in [0.5, 0.6) is 0 Å². The van der Waals surface area contributed by atoms with Crippen molar-refractivity contribution < 1.29 is 33.5 Å². The molecule has 3 aromatic carbocycles. The van der Waals surface area contributed by atoms with E-state index in [1.54, 1.807) is 20.8 Å². The number of rotatable bonds is 5. The summed E-state index contributed by atoms with van der Waals surface area (Å²) in [6.45, 7) is 6.24. The average molecular weight is 424 g/mol. The molecule has 5 heteroatoms.